The number of carbonyl (C=O) groups excluding carboxylic acids is 1. The second-order valence-electron chi connectivity index (χ2n) is 7.08. The first-order valence-corrected chi connectivity index (χ1v) is 11.5. The van der Waals surface area contributed by atoms with Crippen LogP contribution in [0.15, 0.2) is 60.3 Å². The van der Waals surface area contributed by atoms with Crippen LogP contribution in [0.1, 0.15) is 18.9 Å². The number of aromatic nitrogens is 3. The number of benzene rings is 2. The second-order valence-corrected chi connectivity index (χ2v) is 8.02. The van der Waals surface area contributed by atoms with Gasteiger partial charge in [0.1, 0.15) is 23.0 Å². The van der Waals surface area contributed by atoms with Gasteiger partial charge in [0.25, 0.3) is 0 Å². The molecule has 0 aliphatic heterocycles. The summed E-state index contributed by atoms with van der Waals surface area (Å²) >= 11 is 1.27. The van der Waals surface area contributed by atoms with Crippen molar-refractivity contribution in [3.63, 3.8) is 0 Å². The molecule has 1 atom stereocenters. The number of methoxy groups -OCH3 is 3. The molecule has 1 amide bonds. The Morgan fingerprint density at radius 3 is 2.38 bits per heavy atom. The summed E-state index contributed by atoms with van der Waals surface area (Å²) in [5, 5.41) is 12.0. The molecule has 3 rings (SSSR count). The summed E-state index contributed by atoms with van der Waals surface area (Å²) in [4.78, 5) is 12.6. The van der Waals surface area contributed by atoms with Crippen LogP contribution in [0.3, 0.4) is 0 Å². The minimum Gasteiger partial charge on any atom is -0.497 e. The molecule has 9 nitrogen and oxygen atoms in total. The van der Waals surface area contributed by atoms with Crippen LogP contribution >= 0.6 is 11.8 Å². The van der Waals surface area contributed by atoms with E-state index in [1.807, 2.05) is 35.8 Å². The lowest BCUT2D eigenvalue weighted by Crippen LogP contribution is -2.16. The Labute approximate surface area is 203 Å². The van der Waals surface area contributed by atoms with Gasteiger partial charge in [0.05, 0.1) is 32.8 Å². The molecule has 0 spiro atoms. The fraction of sp³-hybridized carbons (Fsp3) is 0.292. The summed E-state index contributed by atoms with van der Waals surface area (Å²) in [5.41, 5.74) is 0.530. The van der Waals surface area contributed by atoms with Gasteiger partial charge in [-0.15, -0.1) is 16.8 Å². The number of nitrogens with one attached hydrogen (secondary N) is 1. The molecule has 3 aromatic rings. The van der Waals surface area contributed by atoms with Crippen molar-refractivity contribution in [1.29, 1.82) is 0 Å². The Morgan fingerprint density at radius 2 is 1.74 bits per heavy atom. The Morgan fingerprint density at radius 1 is 1.06 bits per heavy atom. The minimum atomic E-state index is -0.370. The fourth-order valence-corrected chi connectivity index (χ4v) is 3.90. The number of ether oxygens (including phenoxy) is 4. The Kier molecular flexibility index (Phi) is 8.80. The maximum absolute atomic E-state index is 12.6. The zero-order valence-corrected chi connectivity index (χ0v) is 20.4. The van der Waals surface area contributed by atoms with E-state index in [2.05, 4.69) is 22.1 Å². The molecule has 0 radical (unpaired) electrons. The van der Waals surface area contributed by atoms with Gasteiger partial charge in [-0.05, 0) is 43.3 Å². The van der Waals surface area contributed by atoms with Gasteiger partial charge in [0.15, 0.2) is 17.1 Å². The predicted octanol–water partition coefficient (Wildman–Crippen LogP) is 4.36. The van der Waals surface area contributed by atoms with Crippen LogP contribution < -0.4 is 24.3 Å². The van der Waals surface area contributed by atoms with Crippen molar-refractivity contribution >= 4 is 23.4 Å². The molecule has 0 aliphatic carbocycles. The maximum atomic E-state index is 12.6. The van der Waals surface area contributed by atoms with E-state index in [4.69, 9.17) is 18.9 Å². The zero-order chi connectivity index (χ0) is 24.5. The van der Waals surface area contributed by atoms with Crippen molar-refractivity contribution in [2.45, 2.75) is 24.7 Å². The van der Waals surface area contributed by atoms with Gasteiger partial charge in [-0.3, -0.25) is 9.36 Å². The number of hydrogen-bond donors (Lipinski definition) is 1. The summed E-state index contributed by atoms with van der Waals surface area (Å²) in [6, 6.07) is 12.5. The molecule has 0 aliphatic rings. The van der Waals surface area contributed by atoms with Gasteiger partial charge in [-0.2, -0.15) is 0 Å². The molecule has 2 aromatic carbocycles. The quantitative estimate of drug-likeness (QED) is 0.299. The van der Waals surface area contributed by atoms with E-state index >= 15 is 0 Å². The number of amides is 1. The highest BCUT2D eigenvalue weighted by Crippen LogP contribution is 2.30. The van der Waals surface area contributed by atoms with Crippen molar-refractivity contribution < 1.29 is 23.7 Å². The summed E-state index contributed by atoms with van der Waals surface area (Å²) in [5.74, 6) is 3.14. The summed E-state index contributed by atoms with van der Waals surface area (Å²) in [7, 11) is 4.72. The molecule has 0 fully saturated rings. The normalized spacial score (nSPS) is 11.4. The standard InChI is InChI=1S/C24H28N4O5S/c1-6-13-28-23(16(2)33-18-9-7-17(30-3)8-10-18)26-27-24(28)34-15-22(29)25-20-14-19(31-4)11-12-21(20)32-5/h6-12,14,16H,1,13,15H2,2-5H3,(H,25,29). The molecular weight excluding hydrogens is 456 g/mol. The molecule has 0 bridgehead atoms. The highest BCUT2D eigenvalue weighted by Gasteiger charge is 2.20. The topological polar surface area (TPSA) is 96.7 Å². The summed E-state index contributed by atoms with van der Waals surface area (Å²) in [6.45, 7) is 6.19. The van der Waals surface area contributed by atoms with Crippen LogP contribution in [0.2, 0.25) is 0 Å². The number of anilines is 1. The third-order valence-electron chi connectivity index (χ3n) is 4.81. The third kappa shape index (κ3) is 6.22. The molecule has 0 saturated carbocycles. The Hall–Kier alpha value is -3.66. The molecule has 1 N–H and O–H groups in total. The monoisotopic (exact) mass is 484 g/mol. The second kappa shape index (κ2) is 12.0. The molecule has 1 unspecified atom stereocenters. The van der Waals surface area contributed by atoms with E-state index < -0.39 is 0 Å². The maximum Gasteiger partial charge on any atom is 0.234 e. The van der Waals surface area contributed by atoms with Crippen LogP contribution in [-0.4, -0.2) is 47.8 Å². The van der Waals surface area contributed by atoms with Crippen molar-refractivity contribution in [3.8, 4) is 23.0 Å². The lowest BCUT2D eigenvalue weighted by Gasteiger charge is -2.16. The van der Waals surface area contributed by atoms with E-state index in [-0.39, 0.29) is 17.8 Å². The first kappa shape index (κ1) is 25.0. The number of nitrogens with zero attached hydrogens (tertiary/aromatic N) is 3. The van der Waals surface area contributed by atoms with E-state index in [0.717, 1.165) is 5.75 Å². The Balaban J connectivity index is 1.68. The summed E-state index contributed by atoms with van der Waals surface area (Å²) < 4.78 is 23.6. The molecule has 180 valence electrons. The third-order valence-corrected chi connectivity index (χ3v) is 5.77. The summed E-state index contributed by atoms with van der Waals surface area (Å²) in [6.07, 6.45) is 1.38. The van der Waals surface area contributed by atoms with Gasteiger partial charge in [-0.1, -0.05) is 17.8 Å². The highest BCUT2D eigenvalue weighted by atomic mass is 32.2. The van der Waals surface area contributed by atoms with Crippen LogP contribution in [0.25, 0.3) is 0 Å². The SMILES string of the molecule is C=CCn1c(SCC(=O)Nc2cc(OC)ccc2OC)nnc1C(C)Oc1ccc(OC)cc1. The molecule has 0 saturated heterocycles. The van der Waals surface area contributed by atoms with Gasteiger partial charge in [0.2, 0.25) is 5.91 Å². The van der Waals surface area contributed by atoms with Crippen LogP contribution in [0.4, 0.5) is 5.69 Å². The molecular formula is C24H28N4O5S. The average Bonchev–Trinajstić information content (AvgIpc) is 3.26. The lowest BCUT2D eigenvalue weighted by atomic mass is 10.2. The predicted molar refractivity (Wildman–Crippen MR) is 131 cm³/mol. The number of carbonyl (C=O) groups is 1. The van der Waals surface area contributed by atoms with Gasteiger partial charge in [-0.25, -0.2) is 0 Å². The lowest BCUT2D eigenvalue weighted by molar-refractivity contribution is -0.113. The zero-order valence-electron chi connectivity index (χ0n) is 19.6. The molecule has 1 heterocycles. The van der Waals surface area contributed by atoms with E-state index in [9.17, 15) is 4.79 Å². The van der Waals surface area contributed by atoms with Crippen LogP contribution in [-0.2, 0) is 11.3 Å². The average molecular weight is 485 g/mol. The van der Waals surface area contributed by atoms with Crippen LogP contribution in [0, 0.1) is 0 Å². The van der Waals surface area contributed by atoms with Gasteiger partial charge >= 0.3 is 0 Å². The van der Waals surface area contributed by atoms with E-state index in [1.165, 1.54) is 11.8 Å². The molecule has 1 aromatic heterocycles. The fourth-order valence-electron chi connectivity index (χ4n) is 3.15. The number of hydrogen-bond acceptors (Lipinski definition) is 8. The number of allylic oxidation sites excluding steroid dienone is 1. The van der Waals surface area contributed by atoms with Crippen molar-refractivity contribution in [2.24, 2.45) is 0 Å². The van der Waals surface area contributed by atoms with Gasteiger partial charge < -0.3 is 24.3 Å². The molecule has 34 heavy (non-hydrogen) atoms. The molecule has 10 heteroatoms. The highest BCUT2D eigenvalue weighted by molar-refractivity contribution is 7.99. The largest absolute Gasteiger partial charge is 0.497 e. The first-order valence-electron chi connectivity index (χ1n) is 10.5. The van der Waals surface area contributed by atoms with Crippen molar-refractivity contribution in [1.82, 2.24) is 14.8 Å². The van der Waals surface area contributed by atoms with E-state index in [1.54, 1.807) is 45.6 Å². The van der Waals surface area contributed by atoms with Crippen LogP contribution in [0.5, 0.6) is 23.0 Å². The van der Waals surface area contributed by atoms with Crippen molar-refractivity contribution in [3.05, 3.63) is 60.9 Å². The van der Waals surface area contributed by atoms with Gasteiger partial charge in [0, 0.05) is 12.6 Å². The minimum absolute atomic E-state index is 0.128. The number of rotatable bonds is 12. The Bertz CT molecular complexity index is 1120. The van der Waals surface area contributed by atoms with Crippen molar-refractivity contribution in [2.75, 3.05) is 32.4 Å². The van der Waals surface area contributed by atoms with E-state index in [0.29, 0.717) is 40.5 Å². The first-order chi connectivity index (χ1) is 16.5. The smallest absolute Gasteiger partial charge is 0.234 e. The number of thioether (sulfide) groups is 1.